The van der Waals surface area contributed by atoms with E-state index in [1.165, 1.54) is 0 Å². The first-order valence-corrected chi connectivity index (χ1v) is 4.45. The van der Waals surface area contributed by atoms with Gasteiger partial charge in [0.2, 0.25) is 0 Å². The van der Waals surface area contributed by atoms with E-state index in [0.717, 1.165) is 5.56 Å². The van der Waals surface area contributed by atoms with Gasteiger partial charge >= 0.3 is 0 Å². The molecular formula is C9H10Cl2N2. The quantitative estimate of drug-likeness (QED) is 0.591. The number of hydrogen-bond donors (Lipinski definition) is 2. The van der Waals surface area contributed by atoms with E-state index < -0.39 is 0 Å². The van der Waals surface area contributed by atoms with Crippen molar-refractivity contribution in [1.29, 1.82) is 0 Å². The van der Waals surface area contributed by atoms with Crippen molar-refractivity contribution in [2.75, 3.05) is 5.73 Å². The van der Waals surface area contributed by atoms with Gasteiger partial charge in [-0.2, -0.15) is 0 Å². The molecule has 0 amide bonds. The van der Waals surface area contributed by atoms with Gasteiger partial charge in [-0.25, -0.2) is 0 Å². The molecule has 1 aromatic rings. The van der Waals surface area contributed by atoms with E-state index in [1.807, 2.05) is 0 Å². The molecule has 0 radical (unpaired) electrons. The number of hydrogen-bond acceptors (Lipinski definition) is 2. The molecule has 0 unspecified atom stereocenters. The average molecular weight is 217 g/mol. The zero-order chi connectivity index (χ0) is 10.0. The second-order valence-electron chi connectivity index (χ2n) is 2.63. The van der Waals surface area contributed by atoms with Gasteiger partial charge in [0, 0.05) is 6.04 Å². The first-order valence-electron chi connectivity index (χ1n) is 3.69. The summed E-state index contributed by atoms with van der Waals surface area (Å²) in [6, 6.07) is 3.11. The lowest BCUT2D eigenvalue weighted by Gasteiger charge is -2.11. The third-order valence-corrected chi connectivity index (χ3v) is 2.67. The van der Waals surface area contributed by atoms with Crippen LogP contribution in [-0.2, 0) is 0 Å². The minimum Gasteiger partial charge on any atom is -0.397 e. The van der Waals surface area contributed by atoms with Crippen LogP contribution in [0, 0.1) is 0 Å². The first-order chi connectivity index (χ1) is 6.07. The molecule has 0 aliphatic carbocycles. The predicted molar refractivity (Wildman–Crippen MR) is 58.0 cm³/mol. The van der Waals surface area contributed by atoms with Crippen LogP contribution in [0.25, 0.3) is 0 Å². The Bertz CT molecular complexity index is 337. The smallest absolute Gasteiger partial charge is 0.0825 e. The van der Waals surface area contributed by atoms with Crippen LogP contribution < -0.4 is 11.5 Å². The van der Waals surface area contributed by atoms with Crippen LogP contribution in [0.5, 0.6) is 0 Å². The Morgan fingerprint density at radius 2 is 1.92 bits per heavy atom. The van der Waals surface area contributed by atoms with Crippen LogP contribution in [-0.4, -0.2) is 0 Å². The van der Waals surface area contributed by atoms with Crippen molar-refractivity contribution in [3.8, 4) is 0 Å². The highest BCUT2D eigenvalue weighted by Gasteiger charge is 2.11. The fourth-order valence-electron chi connectivity index (χ4n) is 0.964. The maximum absolute atomic E-state index is 5.93. The molecule has 0 heterocycles. The van der Waals surface area contributed by atoms with Crippen molar-refractivity contribution >= 4 is 28.9 Å². The fraction of sp³-hybridized carbons (Fsp3) is 0.111. The Kier molecular flexibility index (Phi) is 3.20. The van der Waals surface area contributed by atoms with E-state index in [0.29, 0.717) is 15.7 Å². The standard InChI is InChI=1S/C9H10Cl2N2/c1-2-6(12)5-3-4-7(13)9(11)8(5)10/h2-4,6H,1,12-13H2/t6-/m0/s1. The van der Waals surface area contributed by atoms with Crippen LogP contribution in [0.15, 0.2) is 24.8 Å². The SMILES string of the molecule is C=C[C@H](N)c1ccc(N)c(Cl)c1Cl. The predicted octanol–water partition coefficient (Wildman–Crippen LogP) is 2.76. The number of rotatable bonds is 2. The summed E-state index contributed by atoms with van der Waals surface area (Å²) in [6.07, 6.45) is 1.59. The van der Waals surface area contributed by atoms with E-state index >= 15 is 0 Å². The molecule has 0 spiro atoms. The summed E-state index contributed by atoms with van der Waals surface area (Å²) in [6.45, 7) is 3.57. The molecule has 0 saturated heterocycles. The summed E-state index contributed by atoms with van der Waals surface area (Å²) in [5.74, 6) is 0. The normalized spacial score (nSPS) is 12.5. The number of nitrogen functional groups attached to an aromatic ring is 1. The lowest BCUT2D eigenvalue weighted by atomic mass is 10.1. The van der Waals surface area contributed by atoms with Crippen LogP contribution >= 0.6 is 23.2 Å². The lowest BCUT2D eigenvalue weighted by Crippen LogP contribution is -2.07. The number of nitrogens with two attached hydrogens (primary N) is 2. The minimum atomic E-state index is -0.314. The molecular weight excluding hydrogens is 207 g/mol. The van der Waals surface area contributed by atoms with Crippen molar-refractivity contribution < 1.29 is 0 Å². The van der Waals surface area contributed by atoms with Gasteiger partial charge in [0.15, 0.2) is 0 Å². The highest BCUT2D eigenvalue weighted by Crippen LogP contribution is 2.33. The van der Waals surface area contributed by atoms with Crippen LogP contribution in [0.4, 0.5) is 5.69 Å². The summed E-state index contributed by atoms with van der Waals surface area (Å²) in [4.78, 5) is 0. The molecule has 4 N–H and O–H groups in total. The lowest BCUT2D eigenvalue weighted by molar-refractivity contribution is 0.915. The fourth-order valence-corrected chi connectivity index (χ4v) is 1.43. The molecule has 4 heteroatoms. The average Bonchev–Trinajstić information content (AvgIpc) is 2.13. The van der Waals surface area contributed by atoms with E-state index in [-0.39, 0.29) is 6.04 Å². The zero-order valence-electron chi connectivity index (χ0n) is 6.93. The van der Waals surface area contributed by atoms with E-state index in [9.17, 15) is 0 Å². The van der Waals surface area contributed by atoms with E-state index in [4.69, 9.17) is 34.7 Å². The molecule has 0 aromatic heterocycles. The Hall–Kier alpha value is -0.700. The number of anilines is 1. The molecule has 1 rings (SSSR count). The van der Waals surface area contributed by atoms with E-state index in [2.05, 4.69) is 6.58 Å². The van der Waals surface area contributed by atoms with Gasteiger partial charge in [-0.3, -0.25) is 0 Å². The molecule has 13 heavy (non-hydrogen) atoms. The van der Waals surface area contributed by atoms with Crippen molar-refractivity contribution in [2.45, 2.75) is 6.04 Å². The third kappa shape index (κ3) is 1.97. The molecule has 0 saturated carbocycles. The summed E-state index contributed by atoms with van der Waals surface area (Å²) in [7, 11) is 0. The molecule has 0 aliphatic rings. The zero-order valence-corrected chi connectivity index (χ0v) is 8.44. The van der Waals surface area contributed by atoms with Gasteiger partial charge < -0.3 is 11.5 Å². The molecule has 70 valence electrons. The highest BCUT2D eigenvalue weighted by molar-refractivity contribution is 6.44. The monoisotopic (exact) mass is 216 g/mol. The van der Waals surface area contributed by atoms with Gasteiger partial charge in [-0.05, 0) is 11.6 Å². The van der Waals surface area contributed by atoms with Crippen molar-refractivity contribution in [3.05, 3.63) is 40.4 Å². The van der Waals surface area contributed by atoms with Gasteiger partial charge in [-0.15, -0.1) is 6.58 Å². The topological polar surface area (TPSA) is 52.0 Å². The molecule has 1 atom stereocenters. The first kappa shape index (κ1) is 10.4. The van der Waals surface area contributed by atoms with Crippen LogP contribution in [0.1, 0.15) is 11.6 Å². The Morgan fingerprint density at radius 3 is 2.46 bits per heavy atom. The molecule has 0 aliphatic heterocycles. The summed E-state index contributed by atoms with van der Waals surface area (Å²) < 4.78 is 0. The van der Waals surface area contributed by atoms with Crippen molar-refractivity contribution in [2.24, 2.45) is 5.73 Å². The van der Waals surface area contributed by atoms with Gasteiger partial charge in [-0.1, -0.05) is 35.3 Å². The summed E-state index contributed by atoms with van der Waals surface area (Å²) in [5.41, 5.74) is 12.4. The summed E-state index contributed by atoms with van der Waals surface area (Å²) in [5, 5.41) is 0.741. The second kappa shape index (κ2) is 4.01. The molecule has 0 bridgehead atoms. The van der Waals surface area contributed by atoms with Crippen LogP contribution in [0.3, 0.4) is 0 Å². The Morgan fingerprint density at radius 1 is 1.31 bits per heavy atom. The Labute approximate surface area is 87.1 Å². The molecule has 2 nitrogen and oxygen atoms in total. The third-order valence-electron chi connectivity index (χ3n) is 1.76. The van der Waals surface area contributed by atoms with Crippen LogP contribution in [0.2, 0.25) is 10.0 Å². The largest absolute Gasteiger partial charge is 0.397 e. The van der Waals surface area contributed by atoms with Gasteiger partial charge in [0.05, 0.1) is 15.7 Å². The maximum Gasteiger partial charge on any atom is 0.0825 e. The molecule has 0 fully saturated rings. The number of benzene rings is 1. The Balaban J connectivity index is 3.25. The van der Waals surface area contributed by atoms with Crippen molar-refractivity contribution in [3.63, 3.8) is 0 Å². The van der Waals surface area contributed by atoms with E-state index in [1.54, 1.807) is 18.2 Å². The number of halogens is 2. The van der Waals surface area contributed by atoms with Gasteiger partial charge in [0.1, 0.15) is 0 Å². The highest BCUT2D eigenvalue weighted by atomic mass is 35.5. The molecule has 1 aromatic carbocycles. The second-order valence-corrected chi connectivity index (χ2v) is 3.39. The minimum absolute atomic E-state index is 0.314. The van der Waals surface area contributed by atoms with Gasteiger partial charge in [0.25, 0.3) is 0 Å². The maximum atomic E-state index is 5.93. The summed E-state index contributed by atoms with van der Waals surface area (Å²) >= 11 is 11.8. The van der Waals surface area contributed by atoms with Crippen molar-refractivity contribution in [1.82, 2.24) is 0 Å².